The highest BCUT2D eigenvalue weighted by atomic mass is 15.0. The Morgan fingerprint density at radius 1 is 1.40 bits per heavy atom. The molecule has 0 radical (unpaired) electrons. The van der Waals surface area contributed by atoms with Crippen LogP contribution in [-0.2, 0) is 13.0 Å². The second-order valence-electron chi connectivity index (χ2n) is 7.44. The summed E-state index contributed by atoms with van der Waals surface area (Å²) in [7, 11) is 0. The Morgan fingerprint density at radius 2 is 2.15 bits per heavy atom. The minimum atomic E-state index is 0.228. The van der Waals surface area contributed by atoms with Gasteiger partial charge in [0.1, 0.15) is 0 Å². The van der Waals surface area contributed by atoms with Gasteiger partial charge in [0, 0.05) is 24.5 Å². The van der Waals surface area contributed by atoms with E-state index in [4.69, 9.17) is 5.73 Å². The molecule has 0 spiro atoms. The van der Waals surface area contributed by atoms with Gasteiger partial charge in [-0.2, -0.15) is 0 Å². The summed E-state index contributed by atoms with van der Waals surface area (Å²) in [5.41, 5.74) is 9.61. The number of nitrogens with two attached hydrogens (primary N) is 1. The molecule has 2 nitrogen and oxygen atoms in total. The summed E-state index contributed by atoms with van der Waals surface area (Å²) in [5.74, 6) is 0.813. The molecule has 2 unspecified atom stereocenters. The SMILES string of the molecule is CCCCC(CC)Cn1ccc2c1CC(C)(C)CC2N. The van der Waals surface area contributed by atoms with Crippen molar-refractivity contribution in [1.82, 2.24) is 4.57 Å². The van der Waals surface area contributed by atoms with Crippen LogP contribution in [0.3, 0.4) is 0 Å². The Bertz CT molecular complexity index is 431. The molecular formula is C18H32N2. The maximum absolute atomic E-state index is 6.37. The van der Waals surface area contributed by atoms with Crippen molar-refractivity contribution in [2.45, 2.75) is 78.8 Å². The Kier molecular flexibility index (Phi) is 4.95. The molecule has 2 atom stereocenters. The first kappa shape index (κ1) is 15.6. The third-order valence-electron chi connectivity index (χ3n) is 4.93. The van der Waals surface area contributed by atoms with E-state index in [2.05, 4.69) is 44.5 Å². The summed E-state index contributed by atoms with van der Waals surface area (Å²) in [5, 5.41) is 0. The molecule has 2 N–H and O–H groups in total. The average molecular weight is 276 g/mol. The summed E-state index contributed by atoms with van der Waals surface area (Å²) in [6.07, 6.45) is 9.85. The summed E-state index contributed by atoms with van der Waals surface area (Å²) in [6.45, 7) is 10.5. The van der Waals surface area contributed by atoms with Gasteiger partial charge in [-0.3, -0.25) is 0 Å². The molecule has 2 heteroatoms. The third kappa shape index (κ3) is 3.46. The van der Waals surface area contributed by atoms with Gasteiger partial charge in [0.15, 0.2) is 0 Å². The van der Waals surface area contributed by atoms with Gasteiger partial charge in [0.05, 0.1) is 0 Å². The highest BCUT2D eigenvalue weighted by Gasteiger charge is 2.32. The van der Waals surface area contributed by atoms with Gasteiger partial charge in [-0.25, -0.2) is 0 Å². The van der Waals surface area contributed by atoms with Crippen LogP contribution >= 0.6 is 0 Å². The molecule has 0 bridgehead atoms. The number of aromatic nitrogens is 1. The van der Waals surface area contributed by atoms with Crippen molar-refractivity contribution in [2.24, 2.45) is 17.1 Å². The van der Waals surface area contributed by atoms with Crippen LogP contribution in [0.5, 0.6) is 0 Å². The van der Waals surface area contributed by atoms with E-state index in [1.165, 1.54) is 49.9 Å². The zero-order valence-electron chi connectivity index (χ0n) is 13.8. The predicted octanol–water partition coefficient (Wildman–Crippen LogP) is 4.68. The topological polar surface area (TPSA) is 30.9 Å². The molecule has 1 aliphatic rings. The van der Waals surface area contributed by atoms with Crippen LogP contribution in [0, 0.1) is 11.3 Å². The van der Waals surface area contributed by atoms with Crippen molar-refractivity contribution in [2.75, 3.05) is 0 Å². The molecule has 0 saturated carbocycles. The fraction of sp³-hybridized carbons (Fsp3) is 0.778. The third-order valence-corrected chi connectivity index (χ3v) is 4.93. The molecule has 0 fully saturated rings. The van der Waals surface area contributed by atoms with E-state index in [9.17, 15) is 0 Å². The van der Waals surface area contributed by atoms with E-state index in [0.29, 0.717) is 5.41 Å². The quantitative estimate of drug-likeness (QED) is 0.803. The van der Waals surface area contributed by atoms with Crippen molar-refractivity contribution in [3.8, 4) is 0 Å². The highest BCUT2D eigenvalue weighted by Crippen LogP contribution is 2.40. The Labute approximate surface area is 124 Å². The number of hydrogen-bond acceptors (Lipinski definition) is 1. The molecule has 0 amide bonds. The lowest BCUT2D eigenvalue weighted by molar-refractivity contribution is 0.270. The Hall–Kier alpha value is -0.760. The first-order chi connectivity index (χ1) is 9.46. The monoisotopic (exact) mass is 276 g/mol. The molecule has 1 aromatic heterocycles. The largest absolute Gasteiger partial charge is 0.351 e. The molecule has 0 saturated heterocycles. The molecule has 0 aliphatic heterocycles. The van der Waals surface area contributed by atoms with Crippen LogP contribution in [0.4, 0.5) is 0 Å². The molecule has 1 aromatic rings. The van der Waals surface area contributed by atoms with Crippen molar-refractivity contribution in [3.05, 3.63) is 23.5 Å². The van der Waals surface area contributed by atoms with E-state index in [-0.39, 0.29) is 6.04 Å². The van der Waals surface area contributed by atoms with E-state index in [1.807, 2.05) is 0 Å². The Balaban J connectivity index is 2.14. The number of fused-ring (bicyclic) bond motifs is 1. The molecule has 1 heterocycles. The molecule has 20 heavy (non-hydrogen) atoms. The van der Waals surface area contributed by atoms with Gasteiger partial charge in [-0.05, 0) is 42.2 Å². The van der Waals surface area contributed by atoms with Gasteiger partial charge in [-0.15, -0.1) is 0 Å². The number of rotatable bonds is 6. The predicted molar refractivity (Wildman–Crippen MR) is 86.8 cm³/mol. The van der Waals surface area contributed by atoms with E-state index < -0.39 is 0 Å². The fourth-order valence-electron chi connectivity index (χ4n) is 3.66. The molecular weight excluding hydrogens is 244 g/mol. The van der Waals surface area contributed by atoms with Crippen molar-refractivity contribution in [1.29, 1.82) is 0 Å². The minimum Gasteiger partial charge on any atom is -0.351 e. The summed E-state index contributed by atoms with van der Waals surface area (Å²) in [6, 6.07) is 2.49. The molecule has 2 rings (SSSR count). The van der Waals surface area contributed by atoms with Crippen LogP contribution < -0.4 is 5.73 Å². The van der Waals surface area contributed by atoms with Gasteiger partial charge in [0.2, 0.25) is 0 Å². The van der Waals surface area contributed by atoms with Gasteiger partial charge < -0.3 is 10.3 Å². The number of unbranched alkanes of at least 4 members (excludes halogenated alkanes) is 1. The van der Waals surface area contributed by atoms with Crippen LogP contribution in [0.25, 0.3) is 0 Å². The second-order valence-corrected chi connectivity index (χ2v) is 7.44. The van der Waals surface area contributed by atoms with E-state index in [1.54, 1.807) is 0 Å². The maximum Gasteiger partial charge on any atom is 0.0318 e. The molecule has 0 aromatic carbocycles. The highest BCUT2D eigenvalue weighted by molar-refractivity contribution is 5.30. The zero-order valence-corrected chi connectivity index (χ0v) is 13.8. The first-order valence-corrected chi connectivity index (χ1v) is 8.40. The van der Waals surface area contributed by atoms with Crippen molar-refractivity contribution >= 4 is 0 Å². The Morgan fingerprint density at radius 3 is 2.80 bits per heavy atom. The lowest BCUT2D eigenvalue weighted by Gasteiger charge is -2.35. The minimum absolute atomic E-state index is 0.228. The van der Waals surface area contributed by atoms with Gasteiger partial charge in [-0.1, -0.05) is 47.0 Å². The van der Waals surface area contributed by atoms with E-state index in [0.717, 1.165) is 12.3 Å². The maximum atomic E-state index is 6.37. The first-order valence-electron chi connectivity index (χ1n) is 8.40. The normalized spacial score (nSPS) is 22.6. The van der Waals surface area contributed by atoms with Crippen LogP contribution in [0.15, 0.2) is 12.3 Å². The molecule has 1 aliphatic carbocycles. The molecule has 114 valence electrons. The van der Waals surface area contributed by atoms with Gasteiger partial charge >= 0.3 is 0 Å². The van der Waals surface area contributed by atoms with Crippen molar-refractivity contribution in [3.63, 3.8) is 0 Å². The fourth-order valence-corrected chi connectivity index (χ4v) is 3.66. The van der Waals surface area contributed by atoms with Gasteiger partial charge in [0.25, 0.3) is 0 Å². The zero-order chi connectivity index (χ0) is 14.8. The van der Waals surface area contributed by atoms with Crippen LogP contribution in [-0.4, -0.2) is 4.57 Å². The number of hydrogen-bond donors (Lipinski definition) is 1. The average Bonchev–Trinajstić information content (AvgIpc) is 2.76. The van der Waals surface area contributed by atoms with Crippen LogP contribution in [0.1, 0.15) is 77.1 Å². The van der Waals surface area contributed by atoms with Crippen molar-refractivity contribution < 1.29 is 0 Å². The summed E-state index contributed by atoms with van der Waals surface area (Å²) < 4.78 is 2.50. The number of nitrogens with zero attached hydrogens (tertiary/aromatic N) is 1. The second kappa shape index (κ2) is 6.34. The van der Waals surface area contributed by atoms with E-state index >= 15 is 0 Å². The summed E-state index contributed by atoms with van der Waals surface area (Å²) in [4.78, 5) is 0. The summed E-state index contributed by atoms with van der Waals surface area (Å²) >= 11 is 0. The lowest BCUT2D eigenvalue weighted by Crippen LogP contribution is -2.30. The standard InChI is InChI=1S/C18H32N2/c1-5-7-8-14(6-2)13-20-10-9-15-16(19)11-18(3,4)12-17(15)20/h9-10,14,16H,5-8,11-13,19H2,1-4H3. The smallest absolute Gasteiger partial charge is 0.0318 e. The van der Waals surface area contributed by atoms with Crippen LogP contribution in [0.2, 0.25) is 0 Å². The lowest BCUT2D eigenvalue weighted by atomic mass is 9.74.